The molecule has 0 aliphatic rings. The van der Waals surface area contributed by atoms with Gasteiger partial charge in [0.1, 0.15) is 17.2 Å². The summed E-state index contributed by atoms with van der Waals surface area (Å²) in [6, 6.07) is 16.1. The molecule has 0 fully saturated rings. The summed E-state index contributed by atoms with van der Waals surface area (Å²) >= 11 is 0. The number of nitrogens with one attached hydrogen (secondary N) is 3. The molecule has 7 nitrogen and oxygen atoms in total. The van der Waals surface area contributed by atoms with E-state index in [9.17, 15) is 14.4 Å². The smallest absolute Gasteiger partial charge is 0.408 e. The van der Waals surface area contributed by atoms with Crippen LogP contribution in [0.3, 0.4) is 0 Å². The maximum atomic E-state index is 13.2. The van der Waals surface area contributed by atoms with E-state index in [1.54, 1.807) is 27.7 Å². The highest BCUT2D eigenvalue weighted by atomic mass is 16.6. The number of hydrogen-bond acceptors (Lipinski definition) is 4. The van der Waals surface area contributed by atoms with Crippen LogP contribution in [0.15, 0.2) is 60.8 Å². The predicted molar refractivity (Wildman–Crippen MR) is 128 cm³/mol. The summed E-state index contributed by atoms with van der Waals surface area (Å²) in [7, 11) is 0. The van der Waals surface area contributed by atoms with E-state index < -0.39 is 29.2 Å². The third-order valence-corrected chi connectivity index (χ3v) is 5.13. The van der Waals surface area contributed by atoms with Crippen molar-refractivity contribution in [3.8, 4) is 0 Å². The SMILES string of the molecule is CC(C)(C)OC(=O)N[C@@H](Cc1ccccc1)C(=O)N[C@@](C)([C]=O)Cc1c[nH]c2ccccc12. The zero-order valence-corrected chi connectivity index (χ0v) is 19.4. The van der Waals surface area contributed by atoms with E-state index in [4.69, 9.17) is 4.74 Å². The highest BCUT2D eigenvalue weighted by Gasteiger charge is 2.33. The lowest BCUT2D eigenvalue weighted by Crippen LogP contribution is -2.57. The molecule has 0 bridgehead atoms. The number of benzene rings is 2. The number of alkyl carbamates (subject to hydrolysis) is 1. The van der Waals surface area contributed by atoms with Gasteiger partial charge in [-0.05, 0) is 44.9 Å². The maximum absolute atomic E-state index is 13.2. The van der Waals surface area contributed by atoms with Gasteiger partial charge in [0.15, 0.2) is 0 Å². The topological polar surface area (TPSA) is 100 Å². The van der Waals surface area contributed by atoms with Crippen LogP contribution in [-0.2, 0) is 27.2 Å². The second kappa shape index (κ2) is 9.90. The first-order valence-electron chi connectivity index (χ1n) is 10.9. The van der Waals surface area contributed by atoms with Crippen LogP contribution in [0.4, 0.5) is 4.79 Å². The molecule has 7 heteroatoms. The Morgan fingerprint density at radius 2 is 1.70 bits per heavy atom. The van der Waals surface area contributed by atoms with Crippen molar-refractivity contribution < 1.29 is 19.1 Å². The Hall–Kier alpha value is -3.61. The molecule has 1 radical (unpaired) electrons. The van der Waals surface area contributed by atoms with E-state index in [0.29, 0.717) is 0 Å². The van der Waals surface area contributed by atoms with Crippen LogP contribution in [0, 0.1) is 0 Å². The van der Waals surface area contributed by atoms with Gasteiger partial charge in [0, 0.05) is 29.9 Å². The average molecular weight is 449 g/mol. The molecule has 0 spiro atoms. The molecule has 2 atom stereocenters. The van der Waals surface area contributed by atoms with Gasteiger partial charge in [-0.3, -0.25) is 9.59 Å². The Labute approximate surface area is 193 Å². The molecule has 0 unspecified atom stereocenters. The first-order valence-corrected chi connectivity index (χ1v) is 10.9. The fourth-order valence-corrected chi connectivity index (χ4v) is 3.63. The number of hydrogen-bond donors (Lipinski definition) is 3. The monoisotopic (exact) mass is 448 g/mol. The molecule has 33 heavy (non-hydrogen) atoms. The number of carbonyl (C=O) groups is 2. The van der Waals surface area contributed by atoms with Gasteiger partial charge in [0.25, 0.3) is 0 Å². The molecular weight excluding hydrogens is 418 g/mol. The summed E-state index contributed by atoms with van der Waals surface area (Å²) in [5.74, 6) is -0.490. The largest absolute Gasteiger partial charge is 0.444 e. The minimum absolute atomic E-state index is 0.244. The van der Waals surface area contributed by atoms with Gasteiger partial charge in [-0.1, -0.05) is 48.5 Å². The molecule has 1 heterocycles. The van der Waals surface area contributed by atoms with Crippen LogP contribution in [0.25, 0.3) is 10.9 Å². The fourth-order valence-electron chi connectivity index (χ4n) is 3.63. The summed E-state index contributed by atoms with van der Waals surface area (Å²) in [5.41, 5.74) is 0.699. The normalized spacial score (nSPS) is 14.2. The first-order chi connectivity index (χ1) is 15.6. The van der Waals surface area contributed by atoms with Crippen molar-refractivity contribution >= 4 is 29.2 Å². The number of amides is 2. The van der Waals surface area contributed by atoms with Gasteiger partial charge in [-0.25, -0.2) is 4.79 Å². The van der Waals surface area contributed by atoms with Crippen molar-refractivity contribution in [2.45, 2.75) is 57.7 Å². The second-order valence-electron chi connectivity index (χ2n) is 9.35. The fraction of sp³-hybridized carbons (Fsp3) is 0.346. The Morgan fingerprint density at radius 3 is 2.36 bits per heavy atom. The Morgan fingerprint density at radius 1 is 1.03 bits per heavy atom. The van der Waals surface area contributed by atoms with Crippen LogP contribution >= 0.6 is 0 Å². The van der Waals surface area contributed by atoms with Gasteiger partial charge in [0.2, 0.25) is 12.2 Å². The van der Waals surface area contributed by atoms with E-state index in [2.05, 4.69) is 15.6 Å². The number of fused-ring (bicyclic) bond motifs is 1. The molecule has 3 aromatic rings. The summed E-state index contributed by atoms with van der Waals surface area (Å²) in [6.45, 7) is 6.86. The molecule has 2 aromatic carbocycles. The van der Waals surface area contributed by atoms with E-state index in [0.717, 1.165) is 22.0 Å². The lowest BCUT2D eigenvalue weighted by atomic mass is 9.93. The minimum Gasteiger partial charge on any atom is -0.444 e. The van der Waals surface area contributed by atoms with Crippen molar-refractivity contribution in [3.63, 3.8) is 0 Å². The summed E-state index contributed by atoms with van der Waals surface area (Å²) in [5, 5.41) is 6.41. The van der Waals surface area contributed by atoms with E-state index in [1.807, 2.05) is 67.1 Å². The number of carbonyl (C=O) groups excluding carboxylic acids is 3. The zero-order valence-electron chi connectivity index (χ0n) is 19.4. The third-order valence-electron chi connectivity index (χ3n) is 5.13. The standard InChI is InChI=1S/C26H30N3O4/c1-25(2,3)33-24(32)28-22(14-18-10-6-5-7-11-18)23(31)29-26(4,17-30)15-19-16-27-21-13-9-8-12-20(19)21/h5-13,16,22,27H,14-15H2,1-4H3,(H,28,32)(H,29,31)/t22-,26+/m0/s1. The van der Waals surface area contributed by atoms with Crippen LogP contribution in [0.5, 0.6) is 0 Å². The highest BCUT2D eigenvalue weighted by molar-refractivity contribution is 5.90. The average Bonchev–Trinajstić information content (AvgIpc) is 3.15. The molecule has 3 rings (SSSR count). The number of rotatable bonds is 8. The van der Waals surface area contributed by atoms with Crippen LogP contribution in [-0.4, -0.2) is 40.5 Å². The highest BCUT2D eigenvalue weighted by Crippen LogP contribution is 2.22. The Balaban J connectivity index is 1.79. The van der Waals surface area contributed by atoms with Crippen molar-refractivity contribution in [2.75, 3.05) is 0 Å². The summed E-state index contributed by atoms with van der Waals surface area (Å²) in [4.78, 5) is 40.8. The lowest BCUT2D eigenvalue weighted by molar-refractivity contribution is -0.124. The number of ether oxygens (including phenoxy) is 1. The molecule has 173 valence electrons. The molecule has 2 amide bonds. The summed E-state index contributed by atoms with van der Waals surface area (Å²) in [6.07, 6.45) is 3.60. The molecule has 0 saturated heterocycles. The maximum Gasteiger partial charge on any atom is 0.408 e. The second-order valence-corrected chi connectivity index (χ2v) is 9.35. The number of aromatic amines is 1. The summed E-state index contributed by atoms with van der Waals surface area (Å²) < 4.78 is 5.33. The van der Waals surface area contributed by atoms with E-state index in [-0.39, 0.29) is 12.8 Å². The van der Waals surface area contributed by atoms with E-state index in [1.165, 1.54) is 0 Å². The van der Waals surface area contributed by atoms with Crippen molar-refractivity contribution in [1.82, 2.24) is 15.6 Å². The van der Waals surface area contributed by atoms with Crippen molar-refractivity contribution in [1.29, 1.82) is 0 Å². The molecule has 0 aliphatic carbocycles. The molecule has 0 aliphatic heterocycles. The first kappa shape index (κ1) is 24.0. The van der Waals surface area contributed by atoms with Crippen LogP contribution in [0.2, 0.25) is 0 Å². The molecule has 0 saturated carbocycles. The molecular formula is C26H30N3O4. The lowest BCUT2D eigenvalue weighted by Gasteiger charge is -2.28. The third kappa shape index (κ3) is 6.68. The van der Waals surface area contributed by atoms with Gasteiger partial charge in [-0.2, -0.15) is 0 Å². The van der Waals surface area contributed by atoms with E-state index >= 15 is 0 Å². The predicted octanol–water partition coefficient (Wildman–Crippen LogP) is 3.83. The number of H-pyrrole nitrogens is 1. The molecule has 3 N–H and O–H groups in total. The minimum atomic E-state index is -1.29. The van der Waals surface area contributed by atoms with Gasteiger partial charge >= 0.3 is 6.09 Å². The number of aromatic nitrogens is 1. The quantitative estimate of drug-likeness (QED) is 0.488. The zero-order chi connectivity index (χ0) is 24.1. The Kier molecular flexibility index (Phi) is 7.21. The van der Waals surface area contributed by atoms with Gasteiger partial charge in [0.05, 0.1) is 0 Å². The van der Waals surface area contributed by atoms with Gasteiger partial charge < -0.3 is 20.4 Å². The van der Waals surface area contributed by atoms with Crippen LogP contribution < -0.4 is 10.6 Å². The number of para-hydroxylation sites is 1. The Bertz CT molecular complexity index is 1120. The van der Waals surface area contributed by atoms with Crippen LogP contribution in [0.1, 0.15) is 38.8 Å². The van der Waals surface area contributed by atoms with Gasteiger partial charge in [-0.15, -0.1) is 0 Å². The molecule has 1 aromatic heterocycles. The van der Waals surface area contributed by atoms with Crippen molar-refractivity contribution in [3.05, 3.63) is 71.9 Å². The van der Waals surface area contributed by atoms with Crippen molar-refractivity contribution in [2.24, 2.45) is 0 Å².